The molecule has 0 aliphatic carbocycles. The molecule has 4 rings (SSSR count). The highest BCUT2D eigenvalue weighted by Crippen LogP contribution is 2.23. The molecule has 0 unspecified atom stereocenters. The van der Waals surface area contributed by atoms with Crippen molar-refractivity contribution in [2.75, 3.05) is 17.7 Å². The number of ether oxygens (including phenoxy) is 1. The van der Waals surface area contributed by atoms with Gasteiger partial charge in [-0.25, -0.2) is 4.98 Å². The Morgan fingerprint density at radius 2 is 2.19 bits per heavy atom. The van der Waals surface area contributed by atoms with E-state index in [9.17, 15) is 19.7 Å². The average molecular weight is 475 g/mol. The van der Waals surface area contributed by atoms with E-state index in [-0.39, 0.29) is 29.0 Å². The van der Waals surface area contributed by atoms with Gasteiger partial charge in [0, 0.05) is 29.4 Å². The highest BCUT2D eigenvalue weighted by Gasteiger charge is 2.21. The van der Waals surface area contributed by atoms with Gasteiger partial charge in [-0.3, -0.25) is 24.3 Å². The lowest BCUT2D eigenvalue weighted by atomic mass is 10.2. The van der Waals surface area contributed by atoms with E-state index in [1.54, 1.807) is 24.3 Å². The summed E-state index contributed by atoms with van der Waals surface area (Å²) < 4.78 is 7.22. The van der Waals surface area contributed by atoms with Gasteiger partial charge in [0.1, 0.15) is 0 Å². The normalized spacial score (nSPS) is 15.7. The summed E-state index contributed by atoms with van der Waals surface area (Å²) in [5, 5.41) is 14.8. The number of aromatic nitrogens is 2. The van der Waals surface area contributed by atoms with Gasteiger partial charge in [-0.2, -0.15) is 0 Å². The van der Waals surface area contributed by atoms with Crippen molar-refractivity contribution in [3.8, 4) is 0 Å². The van der Waals surface area contributed by atoms with Crippen LogP contribution in [0.3, 0.4) is 0 Å². The molecule has 0 saturated carbocycles. The molecule has 1 atom stereocenters. The number of halogens is 1. The number of benzene rings is 2. The molecule has 1 amide bonds. The maximum Gasteiger partial charge on any atom is 0.271 e. The number of anilines is 1. The average Bonchev–Trinajstić information content (AvgIpc) is 3.28. The first-order valence-electron chi connectivity index (χ1n) is 9.89. The fraction of sp³-hybridized carbons (Fsp3) is 0.286. The SMILES string of the molecule is O=C(CSc1nc2cc(Cl)ccc2c(=O)n1C[C@@H]1CCCO1)Nc1cccc([N+](=O)[O-])c1. The second kappa shape index (κ2) is 9.68. The number of non-ortho nitro benzene ring substituents is 1. The Hall–Kier alpha value is -2.95. The minimum Gasteiger partial charge on any atom is -0.376 e. The third-order valence-corrected chi connectivity index (χ3v) is 6.18. The van der Waals surface area contributed by atoms with E-state index in [0.717, 1.165) is 24.6 Å². The number of hydrogen-bond donors (Lipinski definition) is 1. The van der Waals surface area contributed by atoms with Crippen molar-refractivity contribution in [3.05, 3.63) is 68.0 Å². The first-order valence-corrected chi connectivity index (χ1v) is 11.3. The van der Waals surface area contributed by atoms with Gasteiger partial charge < -0.3 is 10.1 Å². The van der Waals surface area contributed by atoms with E-state index >= 15 is 0 Å². The fourth-order valence-electron chi connectivity index (χ4n) is 3.46. The Balaban J connectivity index is 1.56. The largest absolute Gasteiger partial charge is 0.376 e. The maximum atomic E-state index is 13.1. The summed E-state index contributed by atoms with van der Waals surface area (Å²) in [4.78, 5) is 40.6. The van der Waals surface area contributed by atoms with Crippen LogP contribution in [0, 0.1) is 10.1 Å². The molecule has 32 heavy (non-hydrogen) atoms. The highest BCUT2D eigenvalue weighted by atomic mass is 35.5. The molecule has 2 aromatic carbocycles. The zero-order valence-corrected chi connectivity index (χ0v) is 18.4. The van der Waals surface area contributed by atoms with E-state index in [4.69, 9.17) is 16.3 Å². The number of nitrogens with zero attached hydrogens (tertiary/aromatic N) is 3. The molecule has 1 N–H and O–H groups in total. The Kier molecular flexibility index (Phi) is 6.73. The van der Waals surface area contributed by atoms with Gasteiger partial charge in [0.05, 0.1) is 34.2 Å². The molecule has 166 valence electrons. The molecule has 11 heteroatoms. The molecule has 9 nitrogen and oxygen atoms in total. The van der Waals surface area contributed by atoms with Crippen LogP contribution in [0.1, 0.15) is 12.8 Å². The number of carbonyl (C=O) groups excluding carboxylic acids is 1. The summed E-state index contributed by atoms with van der Waals surface area (Å²) in [7, 11) is 0. The van der Waals surface area contributed by atoms with Crippen LogP contribution >= 0.6 is 23.4 Å². The topological polar surface area (TPSA) is 116 Å². The molecule has 1 aliphatic heterocycles. The van der Waals surface area contributed by atoms with Crippen molar-refractivity contribution in [3.63, 3.8) is 0 Å². The van der Waals surface area contributed by atoms with Crippen LogP contribution in [0.2, 0.25) is 5.02 Å². The quantitative estimate of drug-likeness (QED) is 0.239. The van der Waals surface area contributed by atoms with Gasteiger partial charge >= 0.3 is 0 Å². The molecule has 0 spiro atoms. The fourth-order valence-corrected chi connectivity index (χ4v) is 4.44. The van der Waals surface area contributed by atoms with Crippen LogP contribution in [0.15, 0.2) is 52.4 Å². The van der Waals surface area contributed by atoms with E-state index < -0.39 is 4.92 Å². The lowest BCUT2D eigenvalue weighted by Gasteiger charge is -2.16. The monoisotopic (exact) mass is 474 g/mol. The molecule has 3 aromatic rings. The number of hydrogen-bond acceptors (Lipinski definition) is 7. The number of thioether (sulfide) groups is 1. The number of carbonyl (C=O) groups is 1. The van der Waals surface area contributed by atoms with E-state index in [0.29, 0.717) is 39.9 Å². The summed E-state index contributed by atoms with van der Waals surface area (Å²) >= 11 is 7.18. The summed E-state index contributed by atoms with van der Waals surface area (Å²) in [6.45, 7) is 1.00. The van der Waals surface area contributed by atoms with E-state index in [2.05, 4.69) is 10.3 Å². The molecule has 0 radical (unpaired) electrons. The van der Waals surface area contributed by atoms with Gasteiger partial charge in [-0.1, -0.05) is 29.4 Å². The Labute approximate surface area is 191 Å². The van der Waals surface area contributed by atoms with Crippen LogP contribution < -0.4 is 10.9 Å². The first kappa shape index (κ1) is 22.3. The Bertz CT molecular complexity index is 1240. The minimum absolute atomic E-state index is 0.0350. The van der Waals surface area contributed by atoms with Crippen molar-refractivity contribution in [1.29, 1.82) is 0 Å². The lowest BCUT2D eigenvalue weighted by molar-refractivity contribution is -0.384. The van der Waals surface area contributed by atoms with Crippen molar-refractivity contribution in [2.45, 2.75) is 30.6 Å². The zero-order chi connectivity index (χ0) is 22.7. The molecule has 2 heterocycles. The predicted octanol–water partition coefficient (Wildman–Crippen LogP) is 3.87. The molecule has 1 fully saturated rings. The van der Waals surface area contributed by atoms with Crippen molar-refractivity contribution < 1.29 is 14.5 Å². The van der Waals surface area contributed by atoms with Gasteiger partial charge in [-0.05, 0) is 37.1 Å². The van der Waals surface area contributed by atoms with Gasteiger partial charge in [-0.15, -0.1) is 0 Å². The van der Waals surface area contributed by atoms with Crippen LogP contribution in [-0.4, -0.2) is 38.8 Å². The Morgan fingerprint density at radius 3 is 2.94 bits per heavy atom. The van der Waals surface area contributed by atoms with Crippen molar-refractivity contribution in [1.82, 2.24) is 9.55 Å². The number of nitro groups is 1. The third-order valence-electron chi connectivity index (χ3n) is 4.97. The van der Waals surface area contributed by atoms with Crippen LogP contribution in [0.4, 0.5) is 11.4 Å². The van der Waals surface area contributed by atoms with Crippen molar-refractivity contribution in [2.24, 2.45) is 0 Å². The summed E-state index contributed by atoms with van der Waals surface area (Å²) in [6, 6.07) is 10.6. The van der Waals surface area contributed by atoms with Gasteiger partial charge in [0.2, 0.25) is 5.91 Å². The highest BCUT2D eigenvalue weighted by molar-refractivity contribution is 7.99. The summed E-state index contributed by atoms with van der Waals surface area (Å²) in [5.41, 5.74) is 0.435. The van der Waals surface area contributed by atoms with E-state index in [1.165, 1.54) is 22.8 Å². The minimum atomic E-state index is -0.529. The standard InChI is InChI=1S/C21H19ClN4O5S/c22-13-6-7-17-18(9-13)24-21(25(20(17)28)11-16-5-2-8-31-16)32-12-19(27)23-14-3-1-4-15(10-14)26(29)30/h1,3-4,6-7,9-10,16H,2,5,8,11-12H2,(H,23,27)/t16-/m0/s1. The smallest absolute Gasteiger partial charge is 0.271 e. The summed E-state index contributed by atoms with van der Waals surface area (Å²) in [5.74, 6) is -0.410. The number of amides is 1. The van der Waals surface area contributed by atoms with Gasteiger partial charge in [0.25, 0.3) is 11.2 Å². The lowest BCUT2D eigenvalue weighted by Crippen LogP contribution is -2.29. The van der Waals surface area contributed by atoms with Crippen LogP contribution in [-0.2, 0) is 16.1 Å². The third kappa shape index (κ3) is 5.09. The molecular weight excluding hydrogens is 456 g/mol. The number of nitrogens with one attached hydrogen (secondary N) is 1. The van der Waals surface area contributed by atoms with Crippen LogP contribution in [0.5, 0.6) is 0 Å². The molecule has 1 aliphatic rings. The number of fused-ring (bicyclic) bond motifs is 1. The van der Waals surface area contributed by atoms with Gasteiger partial charge in [0.15, 0.2) is 5.16 Å². The number of nitro benzene ring substituents is 1. The molecule has 1 saturated heterocycles. The second-order valence-electron chi connectivity index (χ2n) is 7.25. The van der Waals surface area contributed by atoms with E-state index in [1.807, 2.05) is 0 Å². The number of rotatable bonds is 7. The molecule has 1 aromatic heterocycles. The first-order chi connectivity index (χ1) is 15.4. The maximum absolute atomic E-state index is 13.1. The summed E-state index contributed by atoms with van der Waals surface area (Å²) in [6.07, 6.45) is 1.70. The molecule has 0 bridgehead atoms. The van der Waals surface area contributed by atoms with Crippen molar-refractivity contribution >= 4 is 51.5 Å². The zero-order valence-electron chi connectivity index (χ0n) is 16.8. The van der Waals surface area contributed by atoms with Crippen LogP contribution in [0.25, 0.3) is 10.9 Å². The predicted molar refractivity (Wildman–Crippen MR) is 122 cm³/mol. The molecular formula is C21H19ClN4O5S. The Morgan fingerprint density at radius 1 is 1.34 bits per heavy atom. The second-order valence-corrected chi connectivity index (χ2v) is 8.63.